The number of aromatic carboxylic acids is 1. The van der Waals surface area contributed by atoms with Gasteiger partial charge in [0.25, 0.3) is 5.91 Å². The van der Waals surface area contributed by atoms with E-state index in [9.17, 15) is 9.59 Å². The topological polar surface area (TPSA) is 101 Å². The van der Waals surface area contributed by atoms with E-state index in [1.165, 1.54) is 12.4 Å². The number of carboxylic acids is 1. The molecule has 0 saturated heterocycles. The normalized spacial score (nSPS) is 12.4. The Morgan fingerprint density at radius 1 is 1.24 bits per heavy atom. The molecule has 7 heteroatoms. The van der Waals surface area contributed by atoms with Gasteiger partial charge in [-0.25, -0.2) is 14.8 Å². The fraction of sp³-hybridized carbons (Fsp3) is 0.143. The van der Waals surface area contributed by atoms with E-state index in [-0.39, 0.29) is 11.5 Å². The van der Waals surface area contributed by atoms with Gasteiger partial charge in [-0.05, 0) is 23.8 Å². The van der Waals surface area contributed by atoms with Crippen LogP contribution in [0.4, 0.5) is 5.82 Å². The summed E-state index contributed by atoms with van der Waals surface area (Å²) < 4.78 is 5.37. The lowest BCUT2D eigenvalue weighted by molar-refractivity contribution is 0.0691. The average molecular weight is 285 g/mol. The van der Waals surface area contributed by atoms with E-state index < -0.39 is 11.9 Å². The predicted molar refractivity (Wildman–Crippen MR) is 72.6 cm³/mol. The number of carbonyl (C=O) groups is 2. The van der Waals surface area contributed by atoms with Crippen molar-refractivity contribution >= 4 is 17.7 Å². The molecule has 0 spiro atoms. The fourth-order valence-corrected chi connectivity index (χ4v) is 2.09. The molecular weight excluding hydrogens is 274 g/mol. The molecule has 2 aromatic rings. The monoisotopic (exact) mass is 285 g/mol. The maximum atomic E-state index is 12.2. The van der Waals surface area contributed by atoms with Crippen LogP contribution in [0.3, 0.4) is 0 Å². The van der Waals surface area contributed by atoms with Crippen molar-refractivity contribution in [1.82, 2.24) is 9.97 Å². The molecule has 0 atom stereocenters. The van der Waals surface area contributed by atoms with Gasteiger partial charge in [0.15, 0.2) is 11.5 Å². The van der Waals surface area contributed by atoms with Gasteiger partial charge in [-0.3, -0.25) is 4.79 Å². The van der Waals surface area contributed by atoms with Crippen molar-refractivity contribution in [3.8, 4) is 5.75 Å². The number of fused-ring (bicyclic) bond motifs is 1. The van der Waals surface area contributed by atoms with Gasteiger partial charge < -0.3 is 15.2 Å². The maximum absolute atomic E-state index is 12.2. The lowest BCUT2D eigenvalue weighted by Gasteiger charge is -2.07. The smallest absolute Gasteiger partial charge is 0.358 e. The zero-order valence-electron chi connectivity index (χ0n) is 10.9. The molecule has 0 unspecified atom stereocenters. The third kappa shape index (κ3) is 2.53. The van der Waals surface area contributed by atoms with Crippen LogP contribution in [-0.4, -0.2) is 33.6 Å². The molecule has 0 radical (unpaired) electrons. The van der Waals surface area contributed by atoms with Crippen molar-refractivity contribution in [3.63, 3.8) is 0 Å². The number of anilines is 1. The quantitative estimate of drug-likeness (QED) is 0.883. The van der Waals surface area contributed by atoms with Gasteiger partial charge in [-0.15, -0.1) is 0 Å². The number of carbonyl (C=O) groups excluding carboxylic acids is 1. The summed E-state index contributed by atoms with van der Waals surface area (Å²) in [6.45, 7) is 0.605. The van der Waals surface area contributed by atoms with E-state index in [1.54, 1.807) is 18.2 Å². The van der Waals surface area contributed by atoms with Crippen molar-refractivity contribution < 1.29 is 19.4 Å². The van der Waals surface area contributed by atoms with Crippen LogP contribution in [0.5, 0.6) is 5.75 Å². The second kappa shape index (κ2) is 5.20. The molecule has 106 valence electrons. The second-order valence-corrected chi connectivity index (χ2v) is 4.43. The van der Waals surface area contributed by atoms with Crippen molar-refractivity contribution in [1.29, 1.82) is 0 Å². The Balaban J connectivity index is 1.85. The lowest BCUT2D eigenvalue weighted by Crippen LogP contribution is -2.17. The molecule has 1 aliphatic heterocycles. The van der Waals surface area contributed by atoms with Crippen LogP contribution in [-0.2, 0) is 6.42 Å². The predicted octanol–water partition coefficient (Wildman–Crippen LogP) is 1.36. The average Bonchev–Trinajstić information content (AvgIpc) is 2.94. The minimum atomic E-state index is -1.25. The Bertz CT molecular complexity index is 730. The lowest BCUT2D eigenvalue weighted by atomic mass is 10.1. The summed E-state index contributed by atoms with van der Waals surface area (Å²) in [6.07, 6.45) is 3.33. The first-order chi connectivity index (χ1) is 10.1. The summed E-state index contributed by atoms with van der Waals surface area (Å²) in [5, 5.41) is 11.5. The Kier molecular flexibility index (Phi) is 3.23. The molecule has 0 bridgehead atoms. The minimum absolute atomic E-state index is 0.0771. The number of ether oxygens (including phenoxy) is 1. The SMILES string of the molecule is O=C(Nc1nccnc1C(=O)O)c1ccc2c(c1)CCO2. The number of rotatable bonds is 3. The third-order valence-corrected chi connectivity index (χ3v) is 3.08. The van der Waals surface area contributed by atoms with E-state index in [2.05, 4.69) is 15.3 Å². The third-order valence-electron chi connectivity index (χ3n) is 3.08. The number of hydrogen-bond donors (Lipinski definition) is 2. The number of nitrogens with zero attached hydrogens (tertiary/aromatic N) is 2. The number of carboxylic acid groups (broad SMARTS) is 1. The van der Waals surface area contributed by atoms with Gasteiger partial charge in [0.05, 0.1) is 6.61 Å². The van der Waals surface area contributed by atoms with Crippen LogP contribution >= 0.6 is 0 Å². The van der Waals surface area contributed by atoms with E-state index in [1.807, 2.05) is 0 Å². The zero-order chi connectivity index (χ0) is 14.8. The van der Waals surface area contributed by atoms with Crippen LogP contribution < -0.4 is 10.1 Å². The molecule has 1 amide bonds. The van der Waals surface area contributed by atoms with E-state index in [0.717, 1.165) is 17.7 Å². The van der Waals surface area contributed by atoms with Crippen LogP contribution in [0.2, 0.25) is 0 Å². The summed E-state index contributed by atoms with van der Waals surface area (Å²) in [5.74, 6) is -0.988. The van der Waals surface area contributed by atoms with Crippen molar-refractivity contribution in [2.24, 2.45) is 0 Å². The summed E-state index contributed by atoms with van der Waals surface area (Å²) in [5.41, 5.74) is 1.08. The first kappa shape index (κ1) is 13.0. The van der Waals surface area contributed by atoms with Crippen molar-refractivity contribution in [2.45, 2.75) is 6.42 Å². The Hall–Kier alpha value is -2.96. The van der Waals surface area contributed by atoms with Crippen LogP contribution in [0.1, 0.15) is 26.4 Å². The van der Waals surface area contributed by atoms with Crippen LogP contribution in [0.25, 0.3) is 0 Å². The minimum Gasteiger partial charge on any atom is -0.493 e. The Labute approximate surface area is 119 Å². The molecule has 7 nitrogen and oxygen atoms in total. The van der Waals surface area contributed by atoms with Gasteiger partial charge in [-0.1, -0.05) is 0 Å². The van der Waals surface area contributed by atoms with Gasteiger partial charge in [0.2, 0.25) is 0 Å². The first-order valence-corrected chi connectivity index (χ1v) is 6.26. The largest absolute Gasteiger partial charge is 0.493 e. The molecule has 21 heavy (non-hydrogen) atoms. The second-order valence-electron chi connectivity index (χ2n) is 4.43. The Morgan fingerprint density at radius 2 is 2.05 bits per heavy atom. The molecule has 0 saturated carbocycles. The highest BCUT2D eigenvalue weighted by atomic mass is 16.5. The summed E-state index contributed by atoms with van der Waals surface area (Å²) in [6, 6.07) is 5.08. The molecule has 1 aliphatic rings. The molecule has 0 aliphatic carbocycles. The number of nitrogens with one attached hydrogen (secondary N) is 1. The van der Waals surface area contributed by atoms with Gasteiger partial charge in [-0.2, -0.15) is 0 Å². The molecular formula is C14H11N3O4. The number of hydrogen-bond acceptors (Lipinski definition) is 5. The molecule has 2 heterocycles. The standard InChI is InChI=1S/C14H11N3O4/c18-13(9-1-2-10-8(7-9)3-6-21-10)17-12-11(14(19)20)15-4-5-16-12/h1-2,4-5,7H,3,6H2,(H,19,20)(H,16,17,18). The first-order valence-electron chi connectivity index (χ1n) is 6.26. The van der Waals surface area contributed by atoms with Crippen molar-refractivity contribution in [2.75, 3.05) is 11.9 Å². The summed E-state index contributed by atoms with van der Waals surface area (Å²) in [7, 11) is 0. The summed E-state index contributed by atoms with van der Waals surface area (Å²) in [4.78, 5) is 30.7. The Morgan fingerprint density at radius 3 is 2.86 bits per heavy atom. The van der Waals surface area contributed by atoms with E-state index in [0.29, 0.717) is 12.2 Å². The molecule has 3 rings (SSSR count). The highest BCUT2D eigenvalue weighted by Crippen LogP contribution is 2.26. The zero-order valence-corrected chi connectivity index (χ0v) is 10.9. The van der Waals surface area contributed by atoms with E-state index >= 15 is 0 Å². The van der Waals surface area contributed by atoms with Crippen molar-refractivity contribution in [3.05, 3.63) is 47.4 Å². The van der Waals surface area contributed by atoms with Gasteiger partial charge in [0.1, 0.15) is 5.75 Å². The van der Waals surface area contributed by atoms with E-state index in [4.69, 9.17) is 9.84 Å². The van der Waals surface area contributed by atoms with Gasteiger partial charge >= 0.3 is 5.97 Å². The summed E-state index contributed by atoms with van der Waals surface area (Å²) >= 11 is 0. The van der Waals surface area contributed by atoms with Crippen LogP contribution in [0, 0.1) is 0 Å². The highest BCUT2D eigenvalue weighted by Gasteiger charge is 2.18. The van der Waals surface area contributed by atoms with Gasteiger partial charge in [0, 0.05) is 24.4 Å². The molecule has 0 fully saturated rings. The van der Waals surface area contributed by atoms with Crippen LogP contribution in [0.15, 0.2) is 30.6 Å². The molecule has 1 aromatic heterocycles. The fourth-order valence-electron chi connectivity index (χ4n) is 2.09. The highest BCUT2D eigenvalue weighted by molar-refractivity contribution is 6.06. The maximum Gasteiger partial charge on any atom is 0.358 e. The molecule has 2 N–H and O–H groups in total. The number of aromatic nitrogens is 2. The molecule has 1 aromatic carbocycles. The number of amides is 1. The number of benzene rings is 1.